The quantitative estimate of drug-likeness (QED) is 0.554. The Labute approximate surface area is 157 Å². The van der Waals surface area contributed by atoms with Crippen LogP contribution in [0.1, 0.15) is 0 Å². The van der Waals surface area contributed by atoms with Crippen molar-refractivity contribution in [3.8, 4) is 39.9 Å². The standard InChI is InChI=1S/C21H15BN3O2/c26-22-27-18-13-11-17(12-14-18)21-24-19(15-7-3-1-4-8-15)23-20(25-21)16-9-5-2-6-10-16/h1-14,26H. The first kappa shape index (κ1) is 16.9. The lowest BCUT2D eigenvalue weighted by Crippen LogP contribution is -2.01. The molecule has 3 aromatic carbocycles. The van der Waals surface area contributed by atoms with E-state index in [-0.39, 0.29) is 0 Å². The van der Waals surface area contributed by atoms with Gasteiger partial charge in [-0.25, -0.2) is 15.0 Å². The third kappa shape index (κ3) is 3.86. The molecular weight excluding hydrogens is 337 g/mol. The molecule has 1 aromatic heterocycles. The number of benzene rings is 3. The molecule has 0 bridgehead atoms. The van der Waals surface area contributed by atoms with E-state index in [0.29, 0.717) is 30.9 Å². The van der Waals surface area contributed by atoms with Crippen molar-refractivity contribution in [3.05, 3.63) is 84.9 Å². The van der Waals surface area contributed by atoms with Crippen LogP contribution in [-0.4, -0.2) is 27.7 Å². The largest absolute Gasteiger partial charge is 0.569 e. The second-order valence-electron chi connectivity index (χ2n) is 5.79. The van der Waals surface area contributed by atoms with Gasteiger partial charge in [0.05, 0.1) is 0 Å². The minimum Gasteiger partial charge on any atom is -0.537 e. The zero-order valence-electron chi connectivity index (χ0n) is 14.4. The molecule has 0 spiro atoms. The molecule has 1 radical (unpaired) electrons. The Morgan fingerprint density at radius 1 is 0.556 bits per heavy atom. The van der Waals surface area contributed by atoms with Crippen molar-refractivity contribution in [2.75, 3.05) is 0 Å². The number of rotatable bonds is 5. The third-order valence-electron chi connectivity index (χ3n) is 4.00. The molecule has 0 amide bonds. The Morgan fingerprint density at radius 2 is 0.963 bits per heavy atom. The average Bonchev–Trinajstić information content (AvgIpc) is 2.75. The maximum absolute atomic E-state index is 8.75. The number of nitrogens with zero attached hydrogens (tertiary/aromatic N) is 3. The van der Waals surface area contributed by atoms with Crippen LogP contribution in [0.25, 0.3) is 34.2 Å². The van der Waals surface area contributed by atoms with E-state index in [9.17, 15) is 0 Å². The van der Waals surface area contributed by atoms with Crippen molar-refractivity contribution in [1.82, 2.24) is 15.0 Å². The molecule has 0 aliphatic heterocycles. The predicted molar refractivity (Wildman–Crippen MR) is 105 cm³/mol. The van der Waals surface area contributed by atoms with Gasteiger partial charge in [0.15, 0.2) is 17.5 Å². The number of hydrogen-bond donors (Lipinski definition) is 1. The number of aromatic nitrogens is 3. The van der Waals surface area contributed by atoms with Gasteiger partial charge in [0.2, 0.25) is 0 Å². The molecule has 0 saturated heterocycles. The van der Waals surface area contributed by atoms with E-state index in [2.05, 4.69) is 15.0 Å². The first-order valence-corrected chi connectivity index (χ1v) is 8.43. The lowest BCUT2D eigenvalue weighted by molar-refractivity contribution is 0.454. The van der Waals surface area contributed by atoms with Crippen LogP contribution in [0.3, 0.4) is 0 Å². The highest BCUT2D eigenvalue weighted by atomic mass is 16.5. The minimum absolute atomic E-state index is 0.530. The van der Waals surface area contributed by atoms with Gasteiger partial charge in [-0.15, -0.1) is 0 Å². The van der Waals surface area contributed by atoms with E-state index in [1.807, 2.05) is 72.8 Å². The summed E-state index contributed by atoms with van der Waals surface area (Å²) in [4.78, 5) is 14.0. The second-order valence-corrected chi connectivity index (χ2v) is 5.79. The maximum atomic E-state index is 8.75. The smallest absolute Gasteiger partial charge is 0.537 e. The molecule has 27 heavy (non-hydrogen) atoms. The van der Waals surface area contributed by atoms with Gasteiger partial charge < -0.3 is 9.68 Å². The molecule has 0 fully saturated rings. The Kier molecular flexibility index (Phi) is 4.89. The van der Waals surface area contributed by atoms with Gasteiger partial charge in [-0.05, 0) is 24.3 Å². The van der Waals surface area contributed by atoms with E-state index >= 15 is 0 Å². The van der Waals surface area contributed by atoms with Crippen LogP contribution in [-0.2, 0) is 0 Å². The molecule has 0 aliphatic carbocycles. The van der Waals surface area contributed by atoms with Gasteiger partial charge >= 0.3 is 7.69 Å². The summed E-state index contributed by atoms with van der Waals surface area (Å²) in [6, 6.07) is 26.8. The van der Waals surface area contributed by atoms with Crippen LogP contribution < -0.4 is 4.65 Å². The normalized spacial score (nSPS) is 10.4. The molecule has 0 atom stereocenters. The van der Waals surface area contributed by atoms with Crippen LogP contribution in [0.15, 0.2) is 84.9 Å². The van der Waals surface area contributed by atoms with E-state index in [1.54, 1.807) is 12.1 Å². The molecular formula is C21H15BN3O2. The molecule has 129 valence electrons. The van der Waals surface area contributed by atoms with Crippen LogP contribution in [0, 0.1) is 0 Å². The SMILES string of the molecule is O[B]Oc1ccc(-c2nc(-c3ccccc3)nc(-c3ccccc3)n2)cc1. The highest BCUT2D eigenvalue weighted by Gasteiger charge is 2.12. The monoisotopic (exact) mass is 352 g/mol. The van der Waals surface area contributed by atoms with Crippen LogP contribution >= 0.6 is 0 Å². The molecule has 0 saturated carbocycles. The highest BCUT2D eigenvalue weighted by Crippen LogP contribution is 2.25. The fraction of sp³-hybridized carbons (Fsp3) is 0. The van der Waals surface area contributed by atoms with Crippen molar-refractivity contribution >= 4 is 7.69 Å². The van der Waals surface area contributed by atoms with Gasteiger partial charge in [0.1, 0.15) is 5.75 Å². The van der Waals surface area contributed by atoms with Crippen LogP contribution in [0.4, 0.5) is 0 Å². The number of hydrogen-bond acceptors (Lipinski definition) is 5. The van der Waals surface area contributed by atoms with Gasteiger partial charge in [0.25, 0.3) is 0 Å². The second kappa shape index (κ2) is 7.80. The van der Waals surface area contributed by atoms with Crippen molar-refractivity contribution in [2.45, 2.75) is 0 Å². The van der Waals surface area contributed by atoms with Gasteiger partial charge in [-0.3, -0.25) is 0 Å². The third-order valence-corrected chi connectivity index (χ3v) is 4.00. The summed E-state index contributed by atoms with van der Waals surface area (Å²) in [6.45, 7) is 0. The summed E-state index contributed by atoms with van der Waals surface area (Å²) < 4.78 is 4.96. The van der Waals surface area contributed by atoms with Crippen LogP contribution in [0.2, 0.25) is 0 Å². The molecule has 1 N–H and O–H groups in total. The predicted octanol–water partition coefficient (Wildman–Crippen LogP) is 3.78. The van der Waals surface area contributed by atoms with Crippen molar-refractivity contribution in [2.24, 2.45) is 0 Å². The topological polar surface area (TPSA) is 68.1 Å². The van der Waals surface area contributed by atoms with E-state index in [4.69, 9.17) is 9.68 Å². The van der Waals surface area contributed by atoms with Crippen molar-refractivity contribution < 1.29 is 9.68 Å². The molecule has 4 aromatic rings. The molecule has 0 unspecified atom stereocenters. The summed E-state index contributed by atoms with van der Waals surface area (Å²) in [5, 5.41) is 8.75. The first-order valence-electron chi connectivity index (χ1n) is 8.43. The summed E-state index contributed by atoms with van der Waals surface area (Å²) >= 11 is 0. The van der Waals surface area contributed by atoms with E-state index in [0.717, 1.165) is 16.7 Å². The lowest BCUT2D eigenvalue weighted by Gasteiger charge is -2.09. The Hall–Kier alpha value is -3.51. The van der Waals surface area contributed by atoms with Crippen molar-refractivity contribution in [1.29, 1.82) is 0 Å². The van der Waals surface area contributed by atoms with Crippen molar-refractivity contribution in [3.63, 3.8) is 0 Å². The summed E-state index contributed by atoms with van der Waals surface area (Å²) in [7, 11) is 0.652. The van der Waals surface area contributed by atoms with Gasteiger partial charge in [0, 0.05) is 16.7 Å². The van der Waals surface area contributed by atoms with Crippen LogP contribution in [0.5, 0.6) is 5.75 Å². The Balaban J connectivity index is 1.83. The molecule has 4 rings (SSSR count). The summed E-state index contributed by atoms with van der Waals surface area (Å²) in [5.74, 6) is 2.33. The highest BCUT2D eigenvalue weighted by molar-refractivity contribution is 6.17. The molecule has 6 heteroatoms. The summed E-state index contributed by atoms with van der Waals surface area (Å²) in [5.41, 5.74) is 2.68. The zero-order valence-corrected chi connectivity index (χ0v) is 14.4. The van der Waals surface area contributed by atoms with E-state index < -0.39 is 0 Å². The molecule has 5 nitrogen and oxygen atoms in total. The minimum atomic E-state index is 0.530. The first-order chi connectivity index (χ1) is 13.3. The fourth-order valence-corrected chi connectivity index (χ4v) is 2.68. The zero-order chi connectivity index (χ0) is 18.5. The molecule has 1 heterocycles. The van der Waals surface area contributed by atoms with Gasteiger partial charge in [-0.2, -0.15) is 0 Å². The lowest BCUT2D eigenvalue weighted by atomic mass is 10.1. The van der Waals surface area contributed by atoms with E-state index in [1.165, 1.54) is 0 Å². The Bertz CT molecular complexity index is 968. The maximum Gasteiger partial charge on any atom is 0.569 e. The fourth-order valence-electron chi connectivity index (χ4n) is 2.68. The Morgan fingerprint density at radius 3 is 1.37 bits per heavy atom. The average molecular weight is 352 g/mol. The summed E-state index contributed by atoms with van der Waals surface area (Å²) in [6.07, 6.45) is 0. The van der Waals surface area contributed by atoms with Gasteiger partial charge in [-0.1, -0.05) is 60.7 Å². The molecule has 0 aliphatic rings.